The minimum atomic E-state index is 0.174. The number of carbonyl (C=O) groups is 1. The van der Waals surface area contributed by atoms with Crippen molar-refractivity contribution >= 4 is 5.91 Å². The van der Waals surface area contributed by atoms with Crippen LogP contribution in [0, 0.1) is 5.92 Å². The number of carbonyl (C=O) groups excluding carboxylic acids is 1. The van der Waals surface area contributed by atoms with Crippen LogP contribution in [0.3, 0.4) is 0 Å². The van der Waals surface area contributed by atoms with Crippen LogP contribution in [0.2, 0.25) is 0 Å². The molecule has 5 heteroatoms. The minimum absolute atomic E-state index is 0.174. The molecule has 0 radical (unpaired) electrons. The molecule has 1 fully saturated rings. The highest BCUT2D eigenvalue weighted by Crippen LogP contribution is 2.18. The molecule has 1 saturated heterocycles. The molecule has 1 aromatic heterocycles. The lowest BCUT2D eigenvalue weighted by atomic mass is 9.98. The molecular weight excluding hydrogens is 276 g/mol. The van der Waals surface area contributed by atoms with Gasteiger partial charge in [0.25, 0.3) is 0 Å². The molecule has 1 aliphatic heterocycles. The van der Waals surface area contributed by atoms with E-state index in [1.54, 1.807) is 6.92 Å². The van der Waals surface area contributed by atoms with Crippen molar-refractivity contribution in [1.82, 2.24) is 19.9 Å². The molecule has 1 aliphatic rings. The van der Waals surface area contributed by atoms with Crippen molar-refractivity contribution in [2.45, 2.75) is 32.7 Å². The number of likely N-dealkylation sites (tertiary alicyclic amines) is 1. The third-order valence-corrected chi connectivity index (χ3v) is 4.22. The maximum atomic E-state index is 11.5. The minimum Gasteiger partial charge on any atom is -0.343 e. The highest BCUT2D eigenvalue weighted by Gasteiger charge is 2.22. The smallest absolute Gasteiger partial charge is 0.219 e. The first-order valence-corrected chi connectivity index (χ1v) is 7.89. The van der Waals surface area contributed by atoms with Crippen molar-refractivity contribution in [2.75, 3.05) is 13.1 Å². The summed E-state index contributed by atoms with van der Waals surface area (Å²) in [6.45, 7) is 4.22. The van der Waals surface area contributed by atoms with Gasteiger partial charge in [0.1, 0.15) is 0 Å². The van der Waals surface area contributed by atoms with E-state index in [1.807, 2.05) is 34.0 Å². The second kappa shape index (κ2) is 6.73. The number of amides is 1. The van der Waals surface area contributed by atoms with Gasteiger partial charge in [-0.1, -0.05) is 35.5 Å². The predicted molar refractivity (Wildman–Crippen MR) is 84.2 cm³/mol. The number of benzene rings is 1. The van der Waals surface area contributed by atoms with E-state index < -0.39 is 0 Å². The summed E-state index contributed by atoms with van der Waals surface area (Å²) in [5.41, 5.74) is 2.24. The highest BCUT2D eigenvalue weighted by molar-refractivity contribution is 5.73. The average Bonchev–Trinajstić information content (AvgIpc) is 2.95. The van der Waals surface area contributed by atoms with Gasteiger partial charge in [-0.3, -0.25) is 9.48 Å². The normalized spacial score (nSPS) is 18.4. The Kier molecular flexibility index (Phi) is 4.51. The van der Waals surface area contributed by atoms with Crippen molar-refractivity contribution in [3.63, 3.8) is 0 Å². The maximum absolute atomic E-state index is 11.5. The first kappa shape index (κ1) is 14.8. The van der Waals surface area contributed by atoms with E-state index >= 15 is 0 Å². The van der Waals surface area contributed by atoms with Crippen LogP contribution < -0.4 is 0 Å². The summed E-state index contributed by atoms with van der Waals surface area (Å²) in [5, 5.41) is 8.50. The molecule has 2 heterocycles. The van der Waals surface area contributed by atoms with E-state index in [4.69, 9.17) is 0 Å². The number of rotatable bonds is 4. The van der Waals surface area contributed by atoms with Gasteiger partial charge in [-0.05, 0) is 24.3 Å². The third kappa shape index (κ3) is 3.72. The van der Waals surface area contributed by atoms with Gasteiger partial charge in [-0.15, -0.1) is 5.10 Å². The summed E-state index contributed by atoms with van der Waals surface area (Å²) in [6.07, 6.45) is 5.07. The standard InChI is InChI=1S/C17H22N4O/c1-14(22)20-9-5-8-16(11-20)12-21-13-17(18-19-21)10-15-6-3-2-4-7-15/h2-4,6-7,13,16H,5,8-12H2,1H3. The summed E-state index contributed by atoms with van der Waals surface area (Å²) in [4.78, 5) is 13.4. The summed E-state index contributed by atoms with van der Waals surface area (Å²) >= 11 is 0. The number of hydrogen-bond donors (Lipinski definition) is 0. The van der Waals surface area contributed by atoms with E-state index in [9.17, 15) is 4.79 Å². The molecule has 0 aliphatic carbocycles. The van der Waals surface area contributed by atoms with Crippen LogP contribution in [-0.4, -0.2) is 38.9 Å². The molecule has 1 aromatic carbocycles. The van der Waals surface area contributed by atoms with Crippen LogP contribution >= 0.6 is 0 Å². The van der Waals surface area contributed by atoms with Crippen molar-refractivity contribution in [2.24, 2.45) is 5.92 Å². The van der Waals surface area contributed by atoms with Crippen LogP contribution in [0.25, 0.3) is 0 Å². The monoisotopic (exact) mass is 298 g/mol. The topological polar surface area (TPSA) is 51.0 Å². The Hall–Kier alpha value is -2.17. The molecule has 3 rings (SSSR count). The van der Waals surface area contributed by atoms with Crippen LogP contribution in [0.1, 0.15) is 31.0 Å². The van der Waals surface area contributed by atoms with Crippen molar-refractivity contribution in [3.05, 3.63) is 47.8 Å². The van der Waals surface area contributed by atoms with E-state index in [2.05, 4.69) is 22.4 Å². The van der Waals surface area contributed by atoms with Crippen LogP contribution in [0.4, 0.5) is 0 Å². The molecule has 2 aromatic rings. The Morgan fingerprint density at radius 1 is 1.32 bits per heavy atom. The zero-order valence-electron chi connectivity index (χ0n) is 13.0. The molecule has 0 saturated carbocycles. The average molecular weight is 298 g/mol. The molecule has 116 valence electrons. The molecule has 1 atom stereocenters. The van der Waals surface area contributed by atoms with Gasteiger partial charge in [-0.2, -0.15) is 0 Å². The summed E-state index contributed by atoms with van der Waals surface area (Å²) in [5.74, 6) is 0.650. The van der Waals surface area contributed by atoms with E-state index in [0.717, 1.165) is 44.6 Å². The molecule has 0 bridgehead atoms. The van der Waals surface area contributed by atoms with Gasteiger partial charge in [0.15, 0.2) is 0 Å². The molecule has 1 unspecified atom stereocenters. The fourth-order valence-electron chi connectivity index (χ4n) is 3.08. The lowest BCUT2D eigenvalue weighted by Crippen LogP contribution is -2.39. The fraction of sp³-hybridized carbons (Fsp3) is 0.471. The lowest BCUT2D eigenvalue weighted by molar-refractivity contribution is -0.130. The van der Waals surface area contributed by atoms with E-state index in [1.165, 1.54) is 5.56 Å². The van der Waals surface area contributed by atoms with Gasteiger partial charge in [0.2, 0.25) is 5.91 Å². The van der Waals surface area contributed by atoms with Crippen LogP contribution in [-0.2, 0) is 17.8 Å². The van der Waals surface area contributed by atoms with Crippen molar-refractivity contribution < 1.29 is 4.79 Å². The zero-order valence-corrected chi connectivity index (χ0v) is 13.0. The summed E-state index contributed by atoms with van der Waals surface area (Å²) in [6, 6.07) is 10.3. The fourth-order valence-corrected chi connectivity index (χ4v) is 3.08. The molecule has 1 amide bonds. The second-order valence-corrected chi connectivity index (χ2v) is 6.07. The Morgan fingerprint density at radius 3 is 2.91 bits per heavy atom. The van der Waals surface area contributed by atoms with Crippen LogP contribution in [0.15, 0.2) is 36.5 Å². The molecule has 5 nitrogen and oxygen atoms in total. The van der Waals surface area contributed by atoms with Gasteiger partial charge in [-0.25, -0.2) is 0 Å². The highest BCUT2D eigenvalue weighted by atomic mass is 16.2. The van der Waals surface area contributed by atoms with Crippen molar-refractivity contribution in [3.8, 4) is 0 Å². The molecule has 0 N–H and O–H groups in total. The molecule has 22 heavy (non-hydrogen) atoms. The number of nitrogens with zero attached hydrogens (tertiary/aromatic N) is 4. The molecular formula is C17H22N4O. The Bertz CT molecular complexity index is 623. The predicted octanol–water partition coefficient (Wildman–Crippen LogP) is 2.13. The quantitative estimate of drug-likeness (QED) is 0.869. The zero-order chi connectivity index (χ0) is 15.4. The Balaban J connectivity index is 1.58. The molecule has 0 spiro atoms. The number of piperidine rings is 1. The van der Waals surface area contributed by atoms with Gasteiger partial charge < -0.3 is 4.90 Å². The van der Waals surface area contributed by atoms with Crippen LogP contribution in [0.5, 0.6) is 0 Å². The number of aromatic nitrogens is 3. The SMILES string of the molecule is CC(=O)N1CCCC(Cn2cc(Cc3ccccc3)nn2)C1. The lowest BCUT2D eigenvalue weighted by Gasteiger charge is -2.31. The van der Waals surface area contributed by atoms with Gasteiger partial charge >= 0.3 is 0 Å². The van der Waals surface area contributed by atoms with E-state index in [0.29, 0.717) is 5.92 Å². The third-order valence-electron chi connectivity index (χ3n) is 4.22. The summed E-state index contributed by atoms with van der Waals surface area (Å²) < 4.78 is 1.92. The largest absolute Gasteiger partial charge is 0.343 e. The first-order valence-electron chi connectivity index (χ1n) is 7.89. The Labute approximate surface area is 130 Å². The van der Waals surface area contributed by atoms with E-state index in [-0.39, 0.29) is 5.91 Å². The second-order valence-electron chi connectivity index (χ2n) is 6.07. The van der Waals surface area contributed by atoms with Crippen molar-refractivity contribution in [1.29, 1.82) is 0 Å². The number of hydrogen-bond acceptors (Lipinski definition) is 3. The first-order chi connectivity index (χ1) is 10.7. The maximum Gasteiger partial charge on any atom is 0.219 e. The summed E-state index contributed by atoms with van der Waals surface area (Å²) in [7, 11) is 0. The van der Waals surface area contributed by atoms with Gasteiger partial charge in [0, 0.05) is 39.2 Å². The Morgan fingerprint density at radius 2 is 2.14 bits per heavy atom. The van der Waals surface area contributed by atoms with Gasteiger partial charge in [0.05, 0.1) is 5.69 Å².